The Labute approximate surface area is 166 Å². The maximum absolute atomic E-state index is 13.1. The highest BCUT2D eigenvalue weighted by Gasteiger charge is 2.36. The van der Waals surface area contributed by atoms with E-state index in [0.29, 0.717) is 17.7 Å². The van der Waals surface area contributed by atoms with E-state index in [-0.39, 0.29) is 16.2 Å². The molecule has 9 heteroatoms. The second-order valence-electron chi connectivity index (χ2n) is 6.67. The van der Waals surface area contributed by atoms with Crippen molar-refractivity contribution in [3.8, 4) is 11.3 Å². The van der Waals surface area contributed by atoms with Gasteiger partial charge >= 0.3 is 6.18 Å². The fourth-order valence-corrected chi connectivity index (χ4v) is 4.31. The van der Waals surface area contributed by atoms with Crippen LogP contribution in [0.15, 0.2) is 51.9 Å². The number of benzene rings is 2. The van der Waals surface area contributed by atoms with Crippen LogP contribution in [0.1, 0.15) is 29.4 Å². The third kappa shape index (κ3) is 4.45. The first-order chi connectivity index (χ1) is 13.5. The first-order valence-corrected chi connectivity index (χ1v) is 10.3. The maximum Gasteiger partial charge on any atom is 0.452 e. The predicted molar refractivity (Wildman–Crippen MR) is 103 cm³/mol. The number of anilines is 1. The molecule has 0 aliphatic carbocycles. The van der Waals surface area contributed by atoms with Gasteiger partial charge in [-0.25, -0.2) is 8.42 Å². The summed E-state index contributed by atoms with van der Waals surface area (Å²) < 4.78 is 71.4. The van der Waals surface area contributed by atoms with Crippen molar-refractivity contribution in [2.24, 2.45) is 0 Å². The number of aromatic nitrogens is 1. The summed E-state index contributed by atoms with van der Waals surface area (Å²) in [7, 11) is -3.98. The minimum absolute atomic E-state index is 0.0186. The van der Waals surface area contributed by atoms with Crippen molar-refractivity contribution in [1.29, 1.82) is 0 Å². The SMILES string of the molecule is CCc1ccc(-c2cc(C(F)(F)F)on2)cc1S(=O)(=O)Nc1cc(C)ccc1C. The molecule has 0 fully saturated rings. The second kappa shape index (κ2) is 7.55. The molecule has 0 atom stereocenters. The number of nitrogens with zero attached hydrogens (tertiary/aromatic N) is 1. The van der Waals surface area contributed by atoms with Gasteiger partial charge in [-0.05, 0) is 49.1 Å². The molecule has 2 aromatic carbocycles. The summed E-state index contributed by atoms with van der Waals surface area (Å²) in [6.07, 6.45) is -4.25. The minimum Gasteiger partial charge on any atom is -0.351 e. The highest BCUT2D eigenvalue weighted by atomic mass is 32.2. The van der Waals surface area contributed by atoms with Gasteiger partial charge in [0.15, 0.2) is 0 Å². The number of sulfonamides is 1. The van der Waals surface area contributed by atoms with Gasteiger partial charge in [0.05, 0.1) is 10.6 Å². The van der Waals surface area contributed by atoms with Crippen molar-refractivity contribution in [3.63, 3.8) is 0 Å². The Kier molecular flexibility index (Phi) is 5.44. The number of rotatable bonds is 5. The van der Waals surface area contributed by atoms with Crippen LogP contribution in [0.3, 0.4) is 0 Å². The van der Waals surface area contributed by atoms with Gasteiger partial charge in [-0.3, -0.25) is 4.72 Å². The minimum atomic E-state index is -4.67. The van der Waals surface area contributed by atoms with Gasteiger partial charge in [0.25, 0.3) is 10.0 Å². The molecule has 3 aromatic rings. The average Bonchev–Trinajstić information content (AvgIpc) is 3.14. The molecule has 3 rings (SSSR count). The summed E-state index contributed by atoms with van der Waals surface area (Å²) >= 11 is 0. The van der Waals surface area contributed by atoms with Crippen LogP contribution in [0.25, 0.3) is 11.3 Å². The average molecular weight is 424 g/mol. The van der Waals surface area contributed by atoms with Crippen LogP contribution in [-0.2, 0) is 22.6 Å². The number of hydrogen-bond donors (Lipinski definition) is 1. The Morgan fingerprint density at radius 1 is 1.07 bits per heavy atom. The third-order valence-corrected chi connectivity index (χ3v) is 5.91. The summed E-state index contributed by atoms with van der Waals surface area (Å²) in [5, 5.41) is 3.43. The largest absolute Gasteiger partial charge is 0.452 e. The van der Waals surface area contributed by atoms with Gasteiger partial charge < -0.3 is 4.52 Å². The molecule has 1 aromatic heterocycles. The first kappa shape index (κ1) is 20.9. The van der Waals surface area contributed by atoms with Gasteiger partial charge in [-0.1, -0.05) is 36.3 Å². The second-order valence-corrected chi connectivity index (χ2v) is 8.32. The summed E-state index contributed by atoms with van der Waals surface area (Å²) in [6, 6.07) is 10.5. The molecule has 1 heterocycles. The molecule has 0 aliphatic heterocycles. The fourth-order valence-electron chi connectivity index (χ4n) is 2.85. The standard InChI is InChI=1S/C20H19F3N2O3S/c1-4-14-7-8-15(17-11-19(28-24-17)20(21,22)23)10-18(14)29(26,27)25-16-9-12(2)5-6-13(16)3/h5-11,25H,4H2,1-3H3. The van der Waals surface area contributed by atoms with Crippen LogP contribution in [-0.4, -0.2) is 13.6 Å². The molecule has 154 valence electrons. The Bertz CT molecular complexity index is 1150. The Morgan fingerprint density at radius 2 is 1.79 bits per heavy atom. The number of aryl methyl sites for hydroxylation is 3. The van der Waals surface area contributed by atoms with Crippen LogP contribution in [0.5, 0.6) is 0 Å². The van der Waals surface area contributed by atoms with Crippen LogP contribution < -0.4 is 4.72 Å². The number of hydrogen-bond acceptors (Lipinski definition) is 4. The number of halogens is 3. The molecule has 0 saturated heterocycles. The van der Waals surface area contributed by atoms with Crippen molar-refractivity contribution in [1.82, 2.24) is 5.16 Å². The lowest BCUT2D eigenvalue weighted by Crippen LogP contribution is -2.16. The van der Waals surface area contributed by atoms with Crippen molar-refractivity contribution < 1.29 is 26.1 Å². The normalized spacial score (nSPS) is 12.2. The molecule has 0 saturated carbocycles. The lowest BCUT2D eigenvalue weighted by Gasteiger charge is -2.14. The molecule has 0 radical (unpaired) electrons. The van der Waals surface area contributed by atoms with Gasteiger partial charge in [0.2, 0.25) is 5.76 Å². The zero-order chi connectivity index (χ0) is 21.4. The Balaban J connectivity index is 2.05. The van der Waals surface area contributed by atoms with Gasteiger partial charge in [0, 0.05) is 11.6 Å². The third-order valence-electron chi connectivity index (χ3n) is 4.46. The highest BCUT2D eigenvalue weighted by Crippen LogP contribution is 2.33. The maximum atomic E-state index is 13.1. The van der Waals surface area contributed by atoms with Crippen molar-refractivity contribution in [2.75, 3.05) is 4.72 Å². The number of alkyl halides is 3. The van der Waals surface area contributed by atoms with Gasteiger partial charge in [-0.2, -0.15) is 13.2 Å². The topological polar surface area (TPSA) is 72.2 Å². The summed E-state index contributed by atoms with van der Waals surface area (Å²) in [6.45, 7) is 5.42. The van der Waals surface area contributed by atoms with Crippen LogP contribution in [0, 0.1) is 13.8 Å². The van der Waals surface area contributed by atoms with Crippen LogP contribution in [0.4, 0.5) is 18.9 Å². The van der Waals surface area contributed by atoms with Gasteiger partial charge in [0.1, 0.15) is 5.69 Å². The monoisotopic (exact) mass is 424 g/mol. The van der Waals surface area contributed by atoms with Crippen LogP contribution >= 0.6 is 0 Å². The van der Waals surface area contributed by atoms with Crippen LogP contribution in [0.2, 0.25) is 0 Å². The lowest BCUT2D eigenvalue weighted by atomic mass is 10.1. The molecule has 0 spiro atoms. The molecular weight excluding hydrogens is 405 g/mol. The molecule has 0 amide bonds. The van der Waals surface area contributed by atoms with E-state index in [1.165, 1.54) is 12.1 Å². The first-order valence-electron chi connectivity index (χ1n) is 8.78. The van der Waals surface area contributed by atoms with E-state index in [1.807, 2.05) is 13.0 Å². The lowest BCUT2D eigenvalue weighted by molar-refractivity contribution is -0.155. The van der Waals surface area contributed by atoms with E-state index in [0.717, 1.165) is 17.2 Å². The molecule has 0 bridgehead atoms. The van der Waals surface area contributed by atoms with Crippen molar-refractivity contribution in [3.05, 3.63) is 64.9 Å². The molecule has 0 aliphatic rings. The molecular formula is C20H19F3N2O3S. The van der Waals surface area contributed by atoms with E-state index >= 15 is 0 Å². The van der Waals surface area contributed by atoms with E-state index in [9.17, 15) is 21.6 Å². The molecule has 0 unspecified atom stereocenters. The van der Waals surface area contributed by atoms with Gasteiger partial charge in [-0.15, -0.1) is 0 Å². The van der Waals surface area contributed by atoms with E-state index in [1.54, 1.807) is 32.0 Å². The summed E-state index contributed by atoms with van der Waals surface area (Å²) in [5.74, 6) is -1.25. The van der Waals surface area contributed by atoms with Crippen molar-refractivity contribution in [2.45, 2.75) is 38.3 Å². The summed E-state index contributed by atoms with van der Waals surface area (Å²) in [4.78, 5) is -0.0186. The van der Waals surface area contributed by atoms with E-state index in [4.69, 9.17) is 0 Å². The quantitative estimate of drug-likeness (QED) is 0.600. The molecule has 29 heavy (non-hydrogen) atoms. The van der Waals surface area contributed by atoms with E-state index < -0.39 is 22.0 Å². The Morgan fingerprint density at radius 3 is 2.41 bits per heavy atom. The zero-order valence-corrected chi connectivity index (χ0v) is 16.8. The molecule has 5 nitrogen and oxygen atoms in total. The summed E-state index contributed by atoms with van der Waals surface area (Å²) in [5.41, 5.74) is 2.73. The smallest absolute Gasteiger partial charge is 0.351 e. The van der Waals surface area contributed by atoms with Crippen molar-refractivity contribution >= 4 is 15.7 Å². The fraction of sp³-hybridized carbons (Fsp3) is 0.250. The highest BCUT2D eigenvalue weighted by molar-refractivity contribution is 7.92. The predicted octanol–water partition coefficient (Wildman–Crippen LogP) is 5.34. The Hall–Kier alpha value is -2.81. The van der Waals surface area contributed by atoms with E-state index in [2.05, 4.69) is 14.4 Å². The molecule has 1 N–H and O–H groups in total. The zero-order valence-electron chi connectivity index (χ0n) is 16.0. The number of nitrogens with one attached hydrogen (secondary N) is 1.